The van der Waals surface area contributed by atoms with Crippen LogP contribution in [0.2, 0.25) is 0 Å². The summed E-state index contributed by atoms with van der Waals surface area (Å²) in [5.41, 5.74) is 0.224. The summed E-state index contributed by atoms with van der Waals surface area (Å²) in [5.74, 6) is 0.190. The van der Waals surface area contributed by atoms with Crippen molar-refractivity contribution < 1.29 is 9.53 Å². The standard InChI is InChI=1S/C11H18N4O2/c1-14(2)5-6-15(3)10-8-12-7-9(13-10)11(16)17-4/h7-8H,5-6H2,1-4H3. The van der Waals surface area contributed by atoms with Gasteiger partial charge in [-0.2, -0.15) is 0 Å². The third kappa shape index (κ3) is 3.99. The fourth-order valence-electron chi connectivity index (χ4n) is 1.21. The first kappa shape index (κ1) is 13.4. The molecule has 0 saturated carbocycles. The Morgan fingerprint density at radius 2 is 2.00 bits per heavy atom. The highest BCUT2D eigenvalue weighted by molar-refractivity contribution is 5.87. The van der Waals surface area contributed by atoms with E-state index in [1.165, 1.54) is 13.3 Å². The average Bonchev–Trinajstić information content (AvgIpc) is 2.35. The van der Waals surface area contributed by atoms with Gasteiger partial charge in [0.15, 0.2) is 5.69 Å². The third-order valence-electron chi connectivity index (χ3n) is 2.29. The number of methoxy groups -OCH3 is 1. The van der Waals surface area contributed by atoms with Crippen molar-refractivity contribution in [3.05, 3.63) is 18.1 Å². The molecule has 0 aromatic carbocycles. The topological polar surface area (TPSA) is 58.6 Å². The van der Waals surface area contributed by atoms with Crippen LogP contribution in [0, 0.1) is 0 Å². The van der Waals surface area contributed by atoms with Crippen molar-refractivity contribution in [1.29, 1.82) is 0 Å². The molecule has 0 aliphatic rings. The Morgan fingerprint density at radius 3 is 2.59 bits per heavy atom. The normalized spacial score (nSPS) is 10.4. The fraction of sp³-hybridized carbons (Fsp3) is 0.545. The van der Waals surface area contributed by atoms with Gasteiger partial charge in [0.05, 0.1) is 19.5 Å². The molecule has 0 aliphatic carbocycles. The van der Waals surface area contributed by atoms with Crippen molar-refractivity contribution in [2.24, 2.45) is 0 Å². The lowest BCUT2D eigenvalue weighted by Crippen LogP contribution is -2.29. The molecule has 0 amide bonds. The fourth-order valence-corrected chi connectivity index (χ4v) is 1.21. The SMILES string of the molecule is COC(=O)c1cncc(N(C)CCN(C)C)n1. The van der Waals surface area contributed by atoms with Gasteiger partial charge in [0.1, 0.15) is 5.82 Å². The summed E-state index contributed by atoms with van der Waals surface area (Å²) in [7, 11) is 7.25. The van der Waals surface area contributed by atoms with E-state index in [0.717, 1.165) is 13.1 Å². The second-order valence-electron chi connectivity index (χ2n) is 3.98. The van der Waals surface area contributed by atoms with Crippen LogP contribution in [0.4, 0.5) is 5.82 Å². The van der Waals surface area contributed by atoms with Crippen LogP contribution in [-0.4, -0.2) is 62.2 Å². The lowest BCUT2D eigenvalue weighted by atomic mass is 10.4. The molecule has 0 saturated heterocycles. The Morgan fingerprint density at radius 1 is 1.29 bits per heavy atom. The first-order chi connectivity index (χ1) is 8.04. The van der Waals surface area contributed by atoms with Crippen LogP contribution in [0.25, 0.3) is 0 Å². The number of esters is 1. The Labute approximate surface area is 101 Å². The number of nitrogens with zero attached hydrogens (tertiary/aromatic N) is 4. The van der Waals surface area contributed by atoms with Crippen molar-refractivity contribution in [3.63, 3.8) is 0 Å². The zero-order valence-corrected chi connectivity index (χ0v) is 10.7. The predicted molar refractivity (Wildman–Crippen MR) is 65.2 cm³/mol. The summed E-state index contributed by atoms with van der Waals surface area (Å²) >= 11 is 0. The van der Waals surface area contributed by atoms with E-state index in [1.807, 2.05) is 26.0 Å². The molecule has 0 bridgehead atoms. The number of ether oxygens (including phenoxy) is 1. The Hall–Kier alpha value is -1.69. The number of aromatic nitrogens is 2. The number of rotatable bonds is 5. The van der Waals surface area contributed by atoms with Gasteiger partial charge in [-0.1, -0.05) is 0 Å². The molecule has 1 aromatic heterocycles. The molecule has 0 spiro atoms. The van der Waals surface area contributed by atoms with Crippen molar-refractivity contribution in [1.82, 2.24) is 14.9 Å². The number of hydrogen-bond donors (Lipinski definition) is 0. The molecule has 0 unspecified atom stereocenters. The Kier molecular flexibility index (Phi) is 4.84. The summed E-state index contributed by atoms with van der Waals surface area (Å²) in [6.45, 7) is 1.72. The molecular weight excluding hydrogens is 220 g/mol. The molecule has 0 fully saturated rings. The van der Waals surface area contributed by atoms with Gasteiger partial charge in [0, 0.05) is 20.1 Å². The Bertz CT molecular complexity index is 381. The maximum absolute atomic E-state index is 11.3. The van der Waals surface area contributed by atoms with E-state index in [-0.39, 0.29) is 5.69 Å². The van der Waals surface area contributed by atoms with E-state index in [0.29, 0.717) is 5.82 Å². The quantitative estimate of drug-likeness (QED) is 0.686. The molecule has 6 heteroatoms. The van der Waals surface area contributed by atoms with Crippen molar-refractivity contribution >= 4 is 11.8 Å². The second-order valence-corrected chi connectivity index (χ2v) is 3.98. The number of carbonyl (C=O) groups is 1. The largest absolute Gasteiger partial charge is 0.464 e. The van der Waals surface area contributed by atoms with Crippen LogP contribution in [-0.2, 0) is 4.74 Å². The van der Waals surface area contributed by atoms with Gasteiger partial charge in [-0.25, -0.2) is 9.78 Å². The molecule has 1 rings (SSSR count). The van der Waals surface area contributed by atoms with Crippen molar-refractivity contribution in [2.45, 2.75) is 0 Å². The third-order valence-corrected chi connectivity index (χ3v) is 2.29. The zero-order valence-electron chi connectivity index (χ0n) is 10.7. The van der Waals surface area contributed by atoms with Gasteiger partial charge < -0.3 is 14.5 Å². The number of carbonyl (C=O) groups excluding carboxylic acids is 1. The lowest BCUT2D eigenvalue weighted by molar-refractivity contribution is 0.0593. The molecule has 1 heterocycles. The lowest BCUT2D eigenvalue weighted by Gasteiger charge is -2.20. The number of anilines is 1. The van der Waals surface area contributed by atoms with E-state index in [9.17, 15) is 4.79 Å². The van der Waals surface area contributed by atoms with E-state index in [2.05, 4.69) is 19.6 Å². The number of hydrogen-bond acceptors (Lipinski definition) is 6. The molecular formula is C11H18N4O2. The predicted octanol–water partition coefficient (Wildman–Crippen LogP) is 0.261. The van der Waals surface area contributed by atoms with Crippen molar-refractivity contribution in [2.75, 3.05) is 46.2 Å². The summed E-state index contributed by atoms with van der Waals surface area (Å²) in [6, 6.07) is 0. The average molecular weight is 238 g/mol. The highest BCUT2D eigenvalue weighted by Gasteiger charge is 2.10. The molecule has 0 atom stereocenters. The van der Waals surface area contributed by atoms with Crippen LogP contribution in [0.5, 0.6) is 0 Å². The second kappa shape index (κ2) is 6.15. The molecule has 1 aromatic rings. The van der Waals surface area contributed by atoms with Crippen LogP contribution in [0.3, 0.4) is 0 Å². The summed E-state index contributed by atoms with van der Waals surface area (Å²) < 4.78 is 4.60. The first-order valence-corrected chi connectivity index (χ1v) is 5.31. The van der Waals surface area contributed by atoms with E-state index in [1.54, 1.807) is 6.20 Å². The van der Waals surface area contributed by atoms with Crippen LogP contribution in [0.1, 0.15) is 10.5 Å². The van der Waals surface area contributed by atoms with E-state index < -0.39 is 5.97 Å². The summed E-state index contributed by atoms with van der Waals surface area (Å²) in [5, 5.41) is 0. The first-order valence-electron chi connectivity index (χ1n) is 5.31. The minimum atomic E-state index is -0.472. The molecule has 6 nitrogen and oxygen atoms in total. The smallest absolute Gasteiger partial charge is 0.358 e. The van der Waals surface area contributed by atoms with E-state index >= 15 is 0 Å². The molecule has 94 valence electrons. The molecule has 0 radical (unpaired) electrons. The molecule has 17 heavy (non-hydrogen) atoms. The van der Waals surface area contributed by atoms with Crippen LogP contribution >= 0.6 is 0 Å². The Balaban J connectivity index is 2.73. The summed E-state index contributed by atoms with van der Waals surface area (Å²) in [6.07, 6.45) is 3.03. The van der Waals surface area contributed by atoms with E-state index in [4.69, 9.17) is 0 Å². The van der Waals surface area contributed by atoms with Gasteiger partial charge >= 0.3 is 5.97 Å². The van der Waals surface area contributed by atoms with Gasteiger partial charge in [-0.05, 0) is 14.1 Å². The van der Waals surface area contributed by atoms with Crippen molar-refractivity contribution in [3.8, 4) is 0 Å². The van der Waals surface area contributed by atoms with Gasteiger partial charge in [-0.15, -0.1) is 0 Å². The monoisotopic (exact) mass is 238 g/mol. The molecule has 0 N–H and O–H groups in total. The summed E-state index contributed by atoms with van der Waals surface area (Å²) in [4.78, 5) is 23.5. The zero-order chi connectivity index (χ0) is 12.8. The van der Waals surface area contributed by atoms with Gasteiger partial charge in [0.25, 0.3) is 0 Å². The highest BCUT2D eigenvalue weighted by Crippen LogP contribution is 2.07. The number of likely N-dealkylation sites (N-methyl/N-ethyl adjacent to an activating group) is 2. The highest BCUT2D eigenvalue weighted by atomic mass is 16.5. The minimum absolute atomic E-state index is 0.224. The minimum Gasteiger partial charge on any atom is -0.464 e. The van der Waals surface area contributed by atoms with Gasteiger partial charge in [0.2, 0.25) is 0 Å². The maximum Gasteiger partial charge on any atom is 0.358 e. The maximum atomic E-state index is 11.3. The van der Waals surface area contributed by atoms with Crippen LogP contribution < -0.4 is 4.90 Å². The van der Waals surface area contributed by atoms with Gasteiger partial charge in [-0.3, -0.25) is 4.98 Å². The van der Waals surface area contributed by atoms with Crippen LogP contribution in [0.15, 0.2) is 12.4 Å². The molecule has 0 aliphatic heterocycles.